The van der Waals surface area contributed by atoms with E-state index in [0.717, 1.165) is 9.88 Å². The van der Waals surface area contributed by atoms with Crippen molar-refractivity contribution in [3.05, 3.63) is 35.0 Å². The smallest absolute Gasteiger partial charge is 0.241 e. The Morgan fingerprint density at radius 2 is 2.04 bits per heavy atom. The van der Waals surface area contributed by atoms with Gasteiger partial charge in [-0.25, -0.2) is 18.1 Å². The molecule has 136 valence electrons. The molecule has 1 saturated carbocycles. The highest BCUT2D eigenvalue weighted by molar-refractivity contribution is 7.89. The highest BCUT2D eigenvalue weighted by Crippen LogP contribution is 2.39. The van der Waals surface area contributed by atoms with E-state index in [1.54, 1.807) is 42.7 Å². The zero-order valence-electron chi connectivity index (χ0n) is 14.4. The second-order valence-corrected chi connectivity index (χ2v) is 9.19. The number of aliphatic hydroxyl groups is 1. The summed E-state index contributed by atoms with van der Waals surface area (Å²) in [6.07, 6.45) is 7.89. The van der Waals surface area contributed by atoms with Crippen LogP contribution in [0.3, 0.4) is 0 Å². The maximum Gasteiger partial charge on any atom is 0.241 e. The average Bonchev–Trinajstić information content (AvgIpc) is 3.12. The number of sulfonamides is 1. The molecular formula is C18H24N2O3S2. The summed E-state index contributed by atoms with van der Waals surface area (Å²) in [5.74, 6) is 0.498. The van der Waals surface area contributed by atoms with Gasteiger partial charge in [-0.2, -0.15) is 0 Å². The minimum Gasteiger partial charge on any atom is -0.392 e. The fourth-order valence-corrected chi connectivity index (χ4v) is 5.81. The lowest BCUT2D eigenvalue weighted by atomic mass is 9.90. The number of aromatic nitrogens is 1. The van der Waals surface area contributed by atoms with E-state index in [9.17, 15) is 13.5 Å². The van der Waals surface area contributed by atoms with Crippen molar-refractivity contribution < 1.29 is 13.5 Å². The summed E-state index contributed by atoms with van der Waals surface area (Å²) in [6.45, 7) is 1.88. The summed E-state index contributed by atoms with van der Waals surface area (Å²) in [5.41, 5.74) is 1.23. The summed E-state index contributed by atoms with van der Waals surface area (Å²) in [4.78, 5) is 5.65. The Kier molecular flexibility index (Phi) is 5.89. The predicted molar refractivity (Wildman–Crippen MR) is 100 cm³/mol. The zero-order valence-corrected chi connectivity index (χ0v) is 16.0. The molecule has 1 aliphatic rings. The number of nitrogens with zero attached hydrogens (tertiary/aromatic N) is 1. The Morgan fingerprint density at radius 3 is 2.72 bits per heavy atom. The molecule has 25 heavy (non-hydrogen) atoms. The van der Waals surface area contributed by atoms with Gasteiger partial charge < -0.3 is 5.11 Å². The monoisotopic (exact) mass is 380 g/mol. The second-order valence-electron chi connectivity index (χ2n) is 6.39. The van der Waals surface area contributed by atoms with Gasteiger partial charge in [0, 0.05) is 24.2 Å². The van der Waals surface area contributed by atoms with Gasteiger partial charge in [0.25, 0.3) is 0 Å². The molecule has 0 radical (unpaired) electrons. The van der Waals surface area contributed by atoms with Gasteiger partial charge in [0.05, 0.1) is 21.4 Å². The highest BCUT2D eigenvalue weighted by Gasteiger charge is 2.23. The van der Waals surface area contributed by atoms with Gasteiger partial charge in [-0.1, -0.05) is 38.3 Å². The first-order valence-corrected chi connectivity index (χ1v) is 11.0. The molecule has 0 amide bonds. The number of benzene rings is 1. The molecule has 1 aliphatic carbocycles. The number of aliphatic hydroxyl groups excluding tert-OH is 1. The molecular weight excluding hydrogens is 356 g/mol. The number of hydrogen-bond acceptors (Lipinski definition) is 5. The first-order chi connectivity index (χ1) is 12.0. The van der Waals surface area contributed by atoms with E-state index < -0.39 is 10.0 Å². The third kappa shape index (κ3) is 4.11. The molecule has 5 nitrogen and oxygen atoms in total. The van der Waals surface area contributed by atoms with Crippen molar-refractivity contribution in [3.63, 3.8) is 0 Å². The van der Waals surface area contributed by atoms with Crippen molar-refractivity contribution in [2.24, 2.45) is 0 Å². The third-order valence-corrected chi connectivity index (χ3v) is 7.37. The molecule has 2 N–H and O–H groups in total. The van der Waals surface area contributed by atoms with Crippen molar-refractivity contribution >= 4 is 21.4 Å². The van der Waals surface area contributed by atoms with Crippen LogP contribution in [0, 0.1) is 0 Å². The molecule has 1 aromatic heterocycles. The minimum absolute atomic E-state index is 0.190. The zero-order chi connectivity index (χ0) is 17.9. The first kappa shape index (κ1) is 18.5. The maximum atomic E-state index is 12.6. The molecule has 2 aromatic rings. The summed E-state index contributed by atoms with van der Waals surface area (Å²) >= 11 is 1.59. The standard InChI is InChI=1S/C18H24N2O3S2/c1-2-20-25(22,23)17-10-13(12-21)8-9-15(17)16-11-19-18(24-16)14-6-4-3-5-7-14/h8-11,14,20-21H,2-7,12H2,1H3. The fraction of sp³-hybridized carbons (Fsp3) is 0.500. The molecule has 0 saturated heterocycles. The van der Waals surface area contributed by atoms with E-state index in [2.05, 4.69) is 9.71 Å². The van der Waals surface area contributed by atoms with E-state index in [4.69, 9.17) is 0 Å². The lowest BCUT2D eigenvalue weighted by Gasteiger charge is -2.18. The molecule has 3 rings (SSSR count). The minimum atomic E-state index is -3.62. The van der Waals surface area contributed by atoms with Crippen LogP contribution in [0.15, 0.2) is 29.3 Å². The fourth-order valence-electron chi connectivity index (χ4n) is 3.31. The van der Waals surface area contributed by atoms with Crippen molar-refractivity contribution in [3.8, 4) is 10.4 Å². The van der Waals surface area contributed by atoms with E-state index in [1.807, 2.05) is 0 Å². The van der Waals surface area contributed by atoms with Crippen LogP contribution in [0.2, 0.25) is 0 Å². The van der Waals surface area contributed by atoms with Gasteiger partial charge >= 0.3 is 0 Å². The van der Waals surface area contributed by atoms with Crippen molar-refractivity contribution in [1.82, 2.24) is 9.71 Å². The van der Waals surface area contributed by atoms with E-state index in [-0.39, 0.29) is 11.5 Å². The SMILES string of the molecule is CCNS(=O)(=O)c1cc(CO)ccc1-c1cnc(C2CCCCC2)s1. The van der Waals surface area contributed by atoms with Gasteiger partial charge in [0.1, 0.15) is 0 Å². The third-order valence-electron chi connectivity index (χ3n) is 4.60. The number of rotatable bonds is 6. The maximum absolute atomic E-state index is 12.6. The van der Waals surface area contributed by atoms with Crippen molar-refractivity contribution in [1.29, 1.82) is 0 Å². The second kappa shape index (κ2) is 7.95. The van der Waals surface area contributed by atoms with Gasteiger partial charge in [0.15, 0.2) is 0 Å². The van der Waals surface area contributed by atoms with Crippen LogP contribution < -0.4 is 4.72 Å². The van der Waals surface area contributed by atoms with Gasteiger partial charge in [-0.15, -0.1) is 11.3 Å². The lowest BCUT2D eigenvalue weighted by molar-refractivity contribution is 0.281. The van der Waals surface area contributed by atoms with Gasteiger partial charge in [0.2, 0.25) is 10.0 Å². The number of hydrogen-bond donors (Lipinski definition) is 2. The van der Waals surface area contributed by atoms with E-state index >= 15 is 0 Å². The largest absolute Gasteiger partial charge is 0.392 e. The topological polar surface area (TPSA) is 79.3 Å². The Balaban J connectivity index is 2.00. The Bertz CT molecular complexity index is 825. The molecule has 1 heterocycles. The van der Waals surface area contributed by atoms with Crippen LogP contribution in [0.4, 0.5) is 0 Å². The molecule has 0 aliphatic heterocycles. The first-order valence-electron chi connectivity index (χ1n) is 8.74. The van der Waals surface area contributed by atoms with Crippen molar-refractivity contribution in [2.45, 2.75) is 56.4 Å². The highest BCUT2D eigenvalue weighted by atomic mass is 32.2. The van der Waals surface area contributed by atoms with Crippen LogP contribution in [-0.2, 0) is 16.6 Å². The molecule has 0 bridgehead atoms. The normalized spacial score (nSPS) is 16.2. The Morgan fingerprint density at radius 1 is 1.28 bits per heavy atom. The van der Waals surface area contributed by atoms with Crippen LogP contribution in [0.25, 0.3) is 10.4 Å². The molecule has 7 heteroatoms. The van der Waals surface area contributed by atoms with Crippen LogP contribution >= 0.6 is 11.3 Å². The molecule has 1 aromatic carbocycles. The Hall–Kier alpha value is -1.28. The van der Waals surface area contributed by atoms with E-state index in [1.165, 1.54) is 32.1 Å². The lowest BCUT2D eigenvalue weighted by Crippen LogP contribution is -2.23. The summed E-state index contributed by atoms with van der Waals surface area (Å²) in [7, 11) is -3.62. The van der Waals surface area contributed by atoms with Gasteiger partial charge in [-0.3, -0.25) is 0 Å². The molecule has 0 atom stereocenters. The average molecular weight is 381 g/mol. The van der Waals surface area contributed by atoms with Crippen LogP contribution in [-0.4, -0.2) is 25.1 Å². The quantitative estimate of drug-likeness (QED) is 0.802. The molecule has 1 fully saturated rings. The summed E-state index contributed by atoms with van der Waals surface area (Å²) < 4.78 is 27.7. The Labute approximate surface area is 153 Å². The van der Waals surface area contributed by atoms with Gasteiger partial charge in [-0.05, 0) is 24.5 Å². The van der Waals surface area contributed by atoms with E-state index in [0.29, 0.717) is 23.6 Å². The molecule has 0 unspecified atom stereocenters. The van der Waals surface area contributed by atoms with Crippen molar-refractivity contribution in [2.75, 3.05) is 6.54 Å². The predicted octanol–water partition coefficient (Wildman–Crippen LogP) is 3.65. The summed E-state index contributed by atoms with van der Waals surface area (Å²) in [6, 6.07) is 5.08. The number of nitrogens with one attached hydrogen (secondary N) is 1. The number of thiazole rings is 1. The molecule has 0 spiro atoms. The van der Waals surface area contributed by atoms with Crippen LogP contribution in [0.5, 0.6) is 0 Å². The van der Waals surface area contributed by atoms with Crippen LogP contribution in [0.1, 0.15) is 55.5 Å². The summed E-state index contributed by atoms with van der Waals surface area (Å²) in [5, 5.41) is 10.5.